The normalized spacial score (nSPS) is 20.1. The van der Waals surface area contributed by atoms with Crippen LogP contribution in [0.4, 0.5) is 8.78 Å². The molecule has 0 spiro atoms. The second-order valence-electron chi connectivity index (χ2n) is 6.67. The van der Waals surface area contributed by atoms with Gasteiger partial charge < -0.3 is 4.42 Å². The summed E-state index contributed by atoms with van der Waals surface area (Å²) >= 11 is 6.70. The highest BCUT2D eigenvalue weighted by Crippen LogP contribution is 2.37. The number of benzene rings is 1. The van der Waals surface area contributed by atoms with Crippen molar-refractivity contribution in [3.63, 3.8) is 0 Å². The third-order valence-electron chi connectivity index (χ3n) is 4.87. The summed E-state index contributed by atoms with van der Waals surface area (Å²) in [5.41, 5.74) is 0.434. The number of carbonyl (C=O) groups is 1. The summed E-state index contributed by atoms with van der Waals surface area (Å²) in [4.78, 5) is 15.1. The molecule has 1 aromatic carbocycles. The van der Waals surface area contributed by atoms with Gasteiger partial charge in [-0.25, -0.2) is 8.78 Å². The van der Waals surface area contributed by atoms with Crippen LogP contribution < -0.4 is 0 Å². The Morgan fingerprint density at radius 3 is 2.63 bits per heavy atom. The number of carbonyl (C=O) groups excluding carboxylic acids is 1. The van der Waals surface area contributed by atoms with Crippen molar-refractivity contribution in [3.8, 4) is 11.3 Å². The van der Waals surface area contributed by atoms with Gasteiger partial charge in [-0.2, -0.15) is 0 Å². The van der Waals surface area contributed by atoms with Gasteiger partial charge in [0.25, 0.3) is 5.91 Å². The molecule has 1 aliphatic carbocycles. The van der Waals surface area contributed by atoms with Crippen molar-refractivity contribution in [2.24, 2.45) is 0 Å². The van der Waals surface area contributed by atoms with Crippen LogP contribution in [-0.4, -0.2) is 21.2 Å². The number of halogens is 2. The SMILES string of the molecule is O=C1/C(=C/c2ccc(-c3ccc(F)c(F)c3)o2)SC(=S)N1C1CCCCC1. The first kappa shape index (κ1) is 18.4. The number of nitrogens with zero attached hydrogens (tertiary/aromatic N) is 1. The molecule has 0 bridgehead atoms. The van der Waals surface area contributed by atoms with Crippen molar-refractivity contribution in [2.75, 3.05) is 0 Å². The van der Waals surface area contributed by atoms with E-state index in [9.17, 15) is 13.6 Å². The van der Waals surface area contributed by atoms with Crippen LogP contribution in [0.3, 0.4) is 0 Å². The molecule has 27 heavy (non-hydrogen) atoms. The van der Waals surface area contributed by atoms with E-state index in [1.165, 1.54) is 24.2 Å². The molecule has 0 atom stereocenters. The van der Waals surface area contributed by atoms with Crippen molar-refractivity contribution < 1.29 is 18.0 Å². The van der Waals surface area contributed by atoms with Gasteiger partial charge in [0.15, 0.2) is 11.6 Å². The largest absolute Gasteiger partial charge is 0.457 e. The maximum Gasteiger partial charge on any atom is 0.266 e. The molecule has 3 nitrogen and oxygen atoms in total. The van der Waals surface area contributed by atoms with E-state index in [-0.39, 0.29) is 11.9 Å². The minimum absolute atomic E-state index is 0.0809. The van der Waals surface area contributed by atoms with E-state index >= 15 is 0 Å². The minimum atomic E-state index is -0.932. The van der Waals surface area contributed by atoms with Crippen LogP contribution in [0.1, 0.15) is 37.9 Å². The minimum Gasteiger partial charge on any atom is -0.457 e. The molecule has 2 aliphatic rings. The van der Waals surface area contributed by atoms with Gasteiger partial charge in [-0.3, -0.25) is 9.69 Å². The predicted octanol–water partition coefficient (Wildman–Crippen LogP) is 5.76. The van der Waals surface area contributed by atoms with Gasteiger partial charge >= 0.3 is 0 Å². The monoisotopic (exact) mass is 405 g/mol. The quantitative estimate of drug-likeness (QED) is 0.480. The zero-order chi connectivity index (χ0) is 19.0. The first-order valence-corrected chi connectivity index (χ1v) is 10.1. The zero-order valence-electron chi connectivity index (χ0n) is 14.4. The molecular formula is C20H17F2NO2S2. The molecule has 2 heterocycles. The molecule has 7 heteroatoms. The molecular weight excluding hydrogens is 388 g/mol. The third kappa shape index (κ3) is 3.71. The summed E-state index contributed by atoms with van der Waals surface area (Å²) in [5, 5.41) is 0. The summed E-state index contributed by atoms with van der Waals surface area (Å²) in [6, 6.07) is 7.14. The molecule has 1 aliphatic heterocycles. The number of hydrogen-bond acceptors (Lipinski definition) is 4. The van der Waals surface area contributed by atoms with Gasteiger partial charge in [-0.05, 0) is 43.2 Å². The fourth-order valence-corrected chi connectivity index (χ4v) is 4.88. The molecule has 2 fully saturated rings. The van der Waals surface area contributed by atoms with Gasteiger partial charge in [0, 0.05) is 17.7 Å². The Hall–Kier alpha value is -1.99. The molecule has 4 rings (SSSR count). The average molecular weight is 405 g/mol. The van der Waals surface area contributed by atoms with E-state index in [0.29, 0.717) is 26.3 Å². The number of rotatable bonds is 3. The molecule has 140 valence electrons. The summed E-state index contributed by atoms with van der Waals surface area (Å²) in [7, 11) is 0. The Bertz CT molecular complexity index is 932. The molecule has 1 aromatic heterocycles. The standard InChI is InChI=1S/C20H17F2NO2S2/c21-15-8-6-12(10-16(15)22)17-9-7-14(25-17)11-18-19(24)23(20(26)27-18)13-4-2-1-3-5-13/h6-11,13H,1-5H2/b18-11-. The van der Waals surface area contributed by atoms with Crippen molar-refractivity contribution in [1.82, 2.24) is 4.90 Å². The lowest BCUT2D eigenvalue weighted by Crippen LogP contribution is -2.39. The van der Waals surface area contributed by atoms with Gasteiger partial charge in [-0.15, -0.1) is 0 Å². The molecule has 0 unspecified atom stereocenters. The van der Waals surface area contributed by atoms with Gasteiger partial charge in [0.1, 0.15) is 15.8 Å². The summed E-state index contributed by atoms with van der Waals surface area (Å²) in [5.74, 6) is -1.04. The topological polar surface area (TPSA) is 33.5 Å². The highest BCUT2D eigenvalue weighted by atomic mass is 32.2. The Balaban J connectivity index is 1.55. The maximum absolute atomic E-state index is 13.4. The molecule has 0 N–H and O–H groups in total. The maximum atomic E-state index is 13.4. The van der Waals surface area contributed by atoms with Crippen molar-refractivity contribution in [1.29, 1.82) is 0 Å². The fourth-order valence-electron chi connectivity index (χ4n) is 3.50. The number of thioether (sulfide) groups is 1. The van der Waals surface area contributed by atoms with Crippen LogP contribution in [0.5, 0.6) is 0 Å². The smallest absolute Gasteiger partial charge is 0.266 e. The summed E-state index contributed by atoms with van der Waals surface area (Å²) in [6.07, 6.45) is 7.08. The lowest BCUT2D eigenvalue weighted by atomic mass is 9.94. The predicted molar refractivity (Wildman–Crippen MR) is 106 cm³/mol. The molecule has 1 amide bonds. The summed E-state index contributed by atoms with van der Waals surface area (Å²) < 4.78 is 32.8. The first-order chi connectivity index (χ1) is 13.0. The van der Waals surface area contributed by atoms with Gasteiger partial charge in [-0.1, -0.05) is 43.2 Å². The Morgan fingerprint density at radius 2 is 1.89 bits per heavy atom. The Kier molecular flexibility index (Phi) is 5.14. The Labute approximate surface area is 165 Å². The zero-order valence-corrected chi connectivity index (χ0v) is 16.0. The van der Waals surface area contributed by atoms with Crippen LogP contribution in [0.15, 0.2) is 39.7 Å². The van der Waals surface area contributed by atoms with Crippen molar-refractivity contribution in [2.45, 2.75) is 38.1 Å². The highest BCUT2D eigenvalue weighted by Gasteiger charge is 2.37. The molecule has 0 radical (unpaired) electrons. The van der Waals surface area contributed by atoms with Gasteiger partial charge in [0.05, 0.1) is 4.91 Å². The van der Waals surface area contributed by atoms with E-state index < -0.39 is 11.6 Å². The van der Waals surface area contributed by atoms with Crippen LogP contribution >= 0.6 is 24.0 Å². The van der Waals surface area contributed by atoms with Crippen LogP contribution in [0.25, 0.3) is 17.4 Å². The number of furan rings is 1. The van der Waals surface area contributed by atoms with Gasteiger partial charge in [0.2, 0.25) is 0 Å². The second-order valence-corrected chi connectivity index (χ2v) is 8.35. The van der Waals surface area contributed by atoms with E-state index in [1.54, 1.807) is 23.1 Å². The first-order valence-electron chi connectivity index (χ1n) is 8.85. The van der Waals surface area contributed by atoms with E-state index in [0.717, 1.165) is 37.8 Å². The summed E-state index contributed by atoms with van der Waals surface area (Å²) in [6.45, 7) is 0. The second kappa shape index (κ2) is 7.56. The number of hydrogen-bond donors (Lipinski definition) is 0. The highest BCUT2D eigenvalue weighted by molar-refractivity contribution is 8.26. The van der Waals surface area contributed by atoms with Crippen molar-refractivity contribution >= 4 is 40.3 Å². The van der Waals surface area contributed by atoms with E-state index in [2.05, 4.69) is 0 Å². The number of thiocarbonyl (C=S) groups is 1. The Morgan fingerprint density at radius 1 is 1.11 bits per heavy atom. The molecule has 1 saturated carbocycles. The fraction of sp³-hybridized carbons (Fsp3) is 0.300. The van der Waals surface area contributed by atoms with Crippen LogP contribution in [0.2, 0.25) is 0 Å². The van der Waals surface area contributed by atoms with E-state index in [1.807, 2.05) is 0 Å². The molecule has 2 aromatic rings. The van der Waals surface area contributed by atoms with Crippen LogP contribution in [-0.2, 0) is 4.79 Å². The van der Waals surface area contributed by atoms with Crippen molar-refractivity contribution in [3.05, 3.63) is 52.6 Å². The number of amides is 1. The lowest BCUT2D eigenvalue weighted by molar-refractivity contribution is -0.124. The van der Waals surface area contributed by atoms with Crippen LogP contribution in [0, 0.1) is 11.6 Å². The lowest BCUT2D eigenvalue weighted by Gasteiger charge is -2.29. The third-order valence-corrected chi connectivity index (χ3v) is 6.20. The molecule has 1 saturated heterocycles. The average Bonchev–Trinajstić information content (AvgIpc) is 3.23. The van der Waals surface area contributed by atoms with E-state index in [4.69, 9.17) is 16.6 Å².